The lowest BCUT2D eigenvalue weighted by Gasteiger charge is -2.08. The zero-order valence-corrected chi connectivity index (χ0v) is 12.3. The number of pyridine rings is 1. The maximum Gasteiger partial charge on any atom is 0.337 e. The van der Waals surface area contributed by atoms with E-state index in [4.69, 9.17) is 16.7 Å². The van der Waals surface area contributed by atoms with E-state index in [1.54, 1.807) is 18.2 Å². The Kier molecular flexibility index (Phi) is 4.36. The van der Waals surface area contributed by atoms with Gasteiger partial charge in [0.2, 0.25) is 0 Å². The summed E-state index contributed by atoms with van der Waals surface area (Å²) in [5.74, 6) is -1.59. The van der Waals surface area contributed by atoms with Gasteiger partial charge in [0, 0.05) is 16.2 Å². The van der Waals surface area contributed by atoms with E-state index in [1.165, 1.54) is 18.5 Å². The number of benzene rings is 1. The second kappa shape index (κ2) is 6.02. The van der Waals surface area contributed by atoms with Crippen LogP contribution < -0.4 is 5.32 Å². The topological polar surface area (TPSA) is 79.3 Å². The summed E-state index contributed by atoms with van der Waals surface area (Å²) in [6, 6.07) is 5.98. The highest BCUT2D eigenvalue weighted by molar-refractivity contribution is 9.10. The zero-order chi connectivity index (χ0) is 14.7. The Bertz CT molecular complexity index is 691. The Morgan fingerprint density at radius 3 is 2.70 bits per heavy atom. The van der Waals surface area contributed by atoms with E-state index < -0.39 is 11.9 Å². The van der Waals surface area contributed by atoms with Crippen LogP contribution in [-0.4, -0.2) is 22.0 Å². The van der Waals surface area contributed by atoms with Gasteiger partial charge >= 0.3 is 5.97 Å². The molecule has 0 bridgehead atoms. The highest BCUT2D eigenvalue weighted by Crippen LogP contribution is 2.24. The van der Waals surface area contributed by atoms with Gasteiger partial charge in [0.15, 0.2) is 0 Å². The molecule has 0 aliphatic heterocycles. The Hall–Kier alpha value is -1.92. The molecule has 2 rings (SSSR count). The fourth-order valence-corrected chi connectivity index (χ4v) is 2.01. The average molecular weight is 356 g/mol. The van der Waals surface area contributed by atoms with Crippen molar-refractivity contribution in [1.82, 2.24) is 4.98 Å². The molecule has 0 radical (unpaired) electrons. The first-order valence-corrected chi connectivity index (χ1v) is 6.60. The van der Waals surface area contributed by atoms with Crippen LogP contribution in [0.4, 0.5) is 5.69 Å². The fourth-order valence-electron chi connectivity index (χ4n) is 1.51. The summed E-state index contributed by atoms with van der Waals surface area (Å²) in [7, 11) is 0. The third kappa shape index (κ3) is 3.15. The predicted octanol–water partition coefficient (Wildman–Crippen LogP) is 3.45. The summed E-state index contributed by atoms with van der Waals surface area (Å²) >= 11 is 9.07. The number of carbonyl (C=O) groups excluding carboxylic acids is 1. The number of carboxylic acid groups (broad SMARTS) is 1. The SMILES string of the molecule is O=C(Nc1cnccc1C(=O)O)c1ccc(Cl)c(Br)c1. The predicted molar refractivity (Wildman–Crippen MR) is 78.3 cm³/mol. The molecule has 0 spiro atoms. The lowest BCUT2D eigenvalue weighted by molar-refractivity contribution is 0.0698. The van der Waals surface area contributed by atoms with E-state index in [1.807, 2.05) is 0 Å². The van der Waals surface area contributed by atoms with Gasteiger partial charge in [0.05, 0.1) is 22.5 Å². The van der Waals surface area contributed by atoms with Crippen LogP contribution in [0.3, 0.4) is 0 Å². The number of aromatic carboxylic acids is 1. The van der Waals surface area contributed by atoms with Crippen molar-refractivity contribution in [2.75, 3.05) is 5.32 Å². The van der Waals surface area contributed by atoms with Gasteiger partial charge in [0.25, 0.3) is 5.91 Å². The minimum absolute atomic E-state index is 0.0265. The van der Waals surface area contributed by atoms with E-state index in [-0.39, 0.29) is 11.3 Å². The number of carboxylic acids is 1. The molecule has 0 fully saturated rings. The van der Waals surface area contributed by atoms with Crippen LogP contribution in [0.1, 0.15) is 20.7 Å². The number of halogens is 2. The minimum Gasteiger partial charge on any atom is -0.478 e. The van der Waals surface area contributed by atoms with Crippen LogP contribution in [0.25, 0.3) is 0 Å². The van der Waals surface area contributed by atoms with Crippen LogP contribution in [0.2, 0.25) is 5.02 Å². The van der Waals surface area contributed by atoms with Crippen LogP contribution in [0.15, 0.2) is 41.1 Å². The third-order valence-corrected chi connectivity index (χ3v) is 3.70. The van der Waals surface area contributed by atoms with Crippen molar-refractivity contribution in [2.45, 2.75) is 0 Å². The van der Waals surface area contributed by atoms with Crippen LogP contribution in [0, 0.1) is 0 Å². The lowest BCUT2D eigenvalue weighted by Crippen LogP contribution is -2.15. The maximum atomic E-state index is 12.1. The second-order valence-electron chi connectivity index (χ2n) is 3.81. The summed E-state index contributed by atoms with van der Waals surface area (Å²) in [6.07, 6.45) is 2.63. The molecule has 2 aromatic rings. The highest BCUT2D eigenvalue weighted by atomic mass is 79.9. The molecule has 1 heterocycles. The zero-order valence-electron chi connectivity index (χ0n) is 9.93. The molecule has 20 heavy (non-hydrogen) atoms. The first-order valence-electron chi connectivity index (χ1n) is 5.42. The molecule has 102 valence electrons. The first-order chi connectivity index (χ1) is 9.49. The maximum absolute atomic E-state index is 12.1. The van der Waals surface area contributed by atoms with Gasteiger partial charge in [-0.3, -0.25) is 9.78 Å². The van der Waals surface area contributed by atoms with Gasteiger partial charge < -0.3 is 10.4 Å². The Balaban J connectivity index is 2.28. The molecule has 0 atom stereocenters. The van der Waals surface area contributed by atoms with Gasteiger partial charge in [0.1, 0.15) is 0 Å². The van der Waals surface area contributed by atoms with Crippen molar-refractivity contribution in [1.29, 1.82) is 0 Å². The number of aromatic nitrogens is 1. The molecule has 5 nitrogen and oxygen atoms in total. The Morgan fingerprint density at radius 2 is 2.05 bits per heavy atom. The molecule has 1 amide bonds. The summed E-state index contributed by atoms with van der Waals surface area (Å²) in [5.41, 5.74) is 0.457. The van der Waals surface area contributed by atoms with Gasteiger partial charge in [-0.25, -0.2) is 4.79 Å². The molecule has 7 heteroatoms. The third-order valence-electron chi connectivity index (χ3n) is 2.48. The van der Waals surface area contributed by atoms with E-state index in [2.05, 4.69) is 26.2 Å². The monoisotopic (exact) mass is 354 g/mol. The first kappa shape index (κ1) is 14.5. The van der Waals surface area contributed by atoms with Crippen molar-refractivity contribution in [3.63, 3.8) is 0 Å². The van der Waals surface area contributed by atoms with E-state index in [9.17, 15) is 9.59 Å². The van der Waals surface area contributed by atoms with Gasteiger partial charge in [-0.15, -0.1) is 0 Å². The number of nitrogens with zero attached hydrogens (tertiary/aromatic N) is 1. The number of amides is 1. The van der Waals surface area contributed by atoms with Crippen molar-refractivity contribution in [3.8, 4) is 0 Å². The van der Waals surface area contributed by atoms with Crippen LogP contribution in [0.5, 0.6) is 0 Å². The van der Waals surface area contributed by atoms with Gasteiger partial charge in [-0.2, -0.15) is 0 Å². The van der Waals surface area contributed by atoms with Crippen LogP contribution in [-0.2, 0) is 0 Å². The summed E-state index contributed by atoms with van der Waals surface area (Å²) < 4.78 is 0.580. The Labute approximate surface area is 127 Å². The van der Waals surface area contributed by atoms with E-state index in [0.717, 1.165) is 0 Å². The molecular formula is C13H8BrClN2O3. The Morgan fingerprint density at radius 1 is 1.30 bits per heavy atom. The number of rotatable bonds is 3. The van der Waals surface area contributed by atoms with E-state index >= 15 is 0 Å². The molecule has 0 aliphatic rings. The van der Waals surface area contributed by atoms with Crippen LogP contribution >= 0.6 is 27.5 Å². The molecule has 0 unspecified atom stereocenters. The number of hydrogen-bond donors (Lipinski definition) is 2. The quantitative estimate of drug-likeness (QED) is 0.884. The summed E-state index contributed by atoms with van der Waals surface area (Å²) in [4.78, 5) is 26.9. The smallest absolute Gasteiger partial charge is 0.337 e. The molecule has 1 aromatic carbocycles. The minimum atomic E-state index is -1.14. The number of carbonyl (C=O) groups is 2. The molecule has 2 N–H and O–H groups in total. The number of nitrogens with one attached hydrogen (secondary N) is 1. The van der Waals surface area contributed by atoms with Crippen molar-refractivity contribution < 1.29 is 14.7 Å². The standard InChI is InChI=1S/C13H8BrClN2O3/c14-9-5-7(1-2-10(9)15)12(18)17-11-6-16-4-3-8(11)13(19)20/h1-6H,(H,17,18)(H,19,20). The molecule has 1 aromatic heterocycles. The van der Waals surface area contributed by atoms with Gasteiger partial charge in [-0.05, 0) is 40.2 Å². The molecule has 0 saturated heterocycles. The average Bonchev–Trinajstić information content (AvgIpc) is 2.42. The summed E-state index contributed by atoms with van der Waals surface area (Å²) in [6.45, 7) is 0. The summed E-state index contributed by atoms with van der Waals surface area (Å²) in [5, 5.41) is 12.0. The van der Waals surface area contributed by atoms with Crippen molar-refractivity contribution in [2.24, 2.45) is 0 Å². The molecule has 0 aliphatic carbocycles. The largest absolute Gasteiger partial charge is 0.478 e. The molecular weight excluding hydrogens is 348 g/mol. The molecule has 0 saturated carbocycles. The fraction of sp³-hybridized carbons (Fsp3) is 0. The number of hydrogen-bond acceptors (Lipinski definition) is 3. The normalized spacial score (nSPS) is 10.1. The highest BCUT2D eigenvalue weighted by Gasteiger charge is 2.14. The van der Waals surface area contributed by atoms with Crippen molar-refractivity contribution in [3.05, 3.63) is 57.3 Å². The van der Waals surface area contributed by atoms with E-state index in [0.29, 0.717) is 15.1 Å². The lowest BCUT2D eigenvalue weighted by atomic mass is 10.2. The van der Waals surface area contributed by atoms with Gasteiger partial charge in [-0.1, -0.05) is 11.6 Å². The van der Waals surface area contributed by atoms with Crippen molar-refractivity contribution >= 4 is 45.1 Å². The second-order valence-corrected chi connectivity index (χ2v) is 5.07. The number of anilines is 1.